The highest BCUT2D eigenvalue weighted by Gasteiger charge is 2.23. The summed E-state index contributed by atoms with van der Waals surface area (Å²) in [4.78, 5) is 11.3. The van der Waals surface area contributed by atoms with E-state index in [2.05, 4.69) is 0 Å². The van der Waals surface area contributed by atoms with E-state index in [-0.39, 0.29) is 5.97 Å². The van der Waals surface area contributed by atoms with Crippen molar-refractivity contribution in [2.45, 2.75) is 65.3 Å². The van der Waals surface area contributed by atoms with Gasteiger partial charge in [-0.2, -0.15) is 0 Å². The van der Waals surface area contributed by atoms with E-state index in [9.17, 15) is 9.90 Å². The topological polar surface area (TPSA) is 55.8 Å². The Labute approximate surface area is 97.9 Å². The number of rotatable bonds is 7. The molecule has 0 heterocycles. The summed E-state index contributed by atoms with van der Waals surface area (Å²) in [6, 6.07) is 0. The van der Waals surface area contributed by atoms with Crippen LogP contribution in [-0.2, 0) is 14.3 Å². The van der Waals surface area contributed by atoms with Crippen molar-refractivity contribution in [2.24, 2.45) is 0 Å². The summed E-state index contributed by atoms with van der Waals surface area (Å²) < 4.78 is 10.5. The van der Waals surface area contributed by atoms with Gasteiger partial charge in [-0.15, -0.1) is 0 Å². The van der Waals surface area contributed by atoms with Gasteiger partial charge < -0.3 is 14.6 Å². The van der Waals surface area contributed by atoms with Crippen LogP contribution in [-0.4, -0.2) is 29.1 Å². The van der Waals surface area contributed by atoms with Crippen LogP contribution >= 0.6 is 0 Å². The molecule has 0 aliphatic heterocycles. The Balaban J connectivity index is 3.91. The molecule has 0 radical (unpaired) electrons. The predicted octanol–water partition coefficient (Wildman–Crippen LogP) is 2.24. The number of hydrogen-bond donors (Lipinski definition) is 1. The van der Waals surface area contributed by atoms with Crippen molar-refractivity contribution in [3.05, 3.63) is 0 Å². The highest BCUT2D eigenvalue weighted by atomic mass is 16.6. The van der Waals surface area contributed by atoms with Gasteiger partial charge in [-0.05, 0) is 34.1 Å². The van der Waals surface area contributed by atoms with E-state index >= 15 is 0 Å². The van der Waals surface area contributed by atoms with Crippen molar-refractivity contribution in [1.29, 1.82) is 0 Å². The number of carbonyl (C=O) groups is 1. The zero-order valence-corrected chi connectivity index (χ0v) is 11.0. The van der Waals surface area contributed by atoms with Crippen LogP contribution in [0, 0.1) is 0 Å². The summed E-state index contributed by atoms with van der Waals surface area (Å²) in [6.07, 6.45) is 1.79. The molecule has 0 spiro atoms. The Bertz CT molecular complexity index is 216. The Hall–Kier alpha value is -0.610. The molecule has 4 heteroatoms. The maximum atomic E-state index is 11.3. The van der Waals surface area contributed by atoms with E-state index in [1.165, 1.54) is 0 Å². The van der Waals surface area contributed by atoms with Crippen LogP contribution in [0.4, 0.5) is 0 Å². The van der Waals surface area contributed by atoms with Crippen LogP contribution in [0.5, 0.6) is 0 Å². The molecular formula is C12H24O4. The number of hydrogen-bond acceptors (Lipinski definition) is 4. The van der Waals surface area contributed by atoms with E-state index in [1.807, 2.05) is 20.8 Å². The fourth-order valence-electron chi connectivity index (χ4n) is 1.16. The molecule has 0 saturated carbocycles. The normalized spacial score (nSPS) is 12.6. The van der Waals surface area contributed by atoms with Crippen molar-refractivity contribution < 1.29 is 19.4 Å². The average Bonchev–Trinajstić information content (AvgIpc) is 1.99. The van der Waals surface area contributed by atoms with Gasteiger partial charge in [0.1, 0.15) is 5.60 Å². The molecule has 0 unspecified atom stereocenters. The predicted molar refractivity (Wildman–Crippen MR) is 61.9 cm³/mol. The number of esters is 1. The molecule has 0 fully saturated rings. The smallest absolute Gasteiger partial charge is 0.306 e. The van der Waals surface area contributed by atoms with Gasteiger partial charge in [0.15, 0.2) is 5.79 Å². The Morgan fingerprint density at radius 1 is 1.25 bits per heavy atom. The molecule has 0 amide bonds. The van der Waals surface area contributed by atoms with Crippen LogP contribution < -0.4 is 0 Å². The lowest BCUT2D eigenvalue weighted by Gasteiger charge is -2.27. The van der Waals surface area contributed by atoms with Crippen molar-refractivity contribution in [3.8, 4) is 0 Å². The molecule has 0 aliphatic rings. The van der Waals surface area contributed by atoms with Gasteiger partial charge in [0.2, 0.25) is 0 Å². The first-order valence-electron chi connectivity index (χ1n) is 5.74. The Morgan fingerprint density at radius 3 is 2.25 bits per heavy atom. The number of aliphatic hydroxyl groups is 1. The lowest BCUT2D eigenvalue weighted by Crippen LogP contribution is -2.32. The van der Waals surface area contributed by atoms with Gasteiger partial charge in [-0.3, -0.25) is 4.79 Å². The van der Waals surface area contributed by atoms with Gasteiger partial charge in [-0.25, -0.2) is 0 Å². The summed E-state index contributed by atoms with van der Waals surface area (Å²) in [5.74, 6) is -1.32. The van der Waals surface area contributed by atoms with Gasteiger partial charge in [0, 0.05) is 12.8 Å². The minimum Gasteiger partial charge on any atom is -0.460 e. The first-order chi connectivity index (χ1) is 7.16. The van der Waals surface area contributed by atoms with Crippen LogP contribution in [0.2, 0.25) is 0 Å². The van der Waals surface area contributed by atoms with Gasteiger partial charge >= 0.3 is 5.97 Å². The van der Waals surface area contributed by atoms with Crippen LogP contribution in [0.3, 0.4) is 0 Å². The monoisotopic (exact) mass is 232 g/mol. The second-order valence-corrected chi connectivity index (χ2v) is 5.03. The van der Waals surface area contributed by atoms with Crippen LogP contribution in [0.1, 0.15) is 53.9 Å². The number of carbonyl (C=O) groups excluding carboxylic acids is 1. The maximum Gasteiger partial charge on any atom is 0.306 e. The quantitative estimate of drug-likeness (QED) is 0.540. The van der Waals surface area contributed by atoms with Crippen molar-refractivity contribution in [3.63, 3.8) is 0 Å². The third-order valence-electron chi connectivity index (χ3n) is 2.00. The van der Waals surface area contributed by atoms with Crippen LogP contribution in [0.15, 0.2) is 0 Å². The van der Waals surface area contributed by atoms with E-state index in [0.717, 1.165) is 6.42 Å². The molecule has 0 aromatic rings. The zero-order valence-electron chi connectivity index (χ0n) is 11.0. The summed E-state index contributed by atoms with van der Waals surface area (Å²) in [6.45, 7) is 9.12. The maximum absolute atomic E-state index is 11.3. The molecule has 0 aromatic heterocycles. The molecule has 0 atom stereocenters. The molecule has 0 bridgehead atoms. The molecule has 0 aromatic carbocycles. The lowest BCUT2D eigenvalue weighted by molar-refractivity contribution is -0.186. The lowest BCUT2D eigenvalue weighted by atomic mass is 10.1. The van der Waals surface area contributed by atoms with E-state index in [4.69, 9.17) is 9.47 Å². The standard InChI is InChI=1S/C12H24O4/c1-6-7-10(13)16-11(2,3)8-9-15-12(4,5)14/h14H,6-9H2,1-5H3. The second kappa shape index (κ2) is 6.21. The van der Waals surface area contributed by atoms with Crippen molar-refractivity contribution >= 4 is 5.97 Å². The molecule has 16 heavy (non-hydrogen) atoms. The zero-order chi connectivity index (χ0) is 12.8. The van der Waals surface area contributed by atoms with E-state index in [1.54, 1.807) is 13.8 Å². The molecule has 1 N–H and O–H groups in total. The molecule has 4 nitrogen and oxygen atoms in total. The van der Waals surface area contributed by atoms with Crippen LogP contribution in [0.25, 0.3) is 0 Å². The summed E-state index contributed by atoms with van der Waals surface area (Å²) in [5.41, 5.74) is -0.544. The largest absolute Gasteiger partial charge is 0.460 e. The summed E-state index contributed by atoms with van der Waals surface area (Å²) in [5, 5.41) is 9.35. The number of ether oxygens (including phenoxy) is 2. The SMILES string of the molecule is CCCC(=O)OC(C)(C)CCOC(C)(C)O. The Morgan fingerprint density at radius 2 is 1.81 bits per heavy atom. The first-order valence-corrected chi connectivity index (χ1v) is 5.74. The van der Waals surface area contributed by atoms with Gasteiger partial charge in [-0.1, -0.05) is 6.92 Å². The molecule has 0 saturated heterocycles. The molecule has 0 aliphatic carbocycles. The molecular weight excluding hydrogens is 208 g/mol. The molecule has 0 rings (SSSR count). The second-order valence-electron chi connectivity index (χ2n) is 5.03. The summed E-state index contributed by atoms with van der Waals surface area (Å²) in [7, 11) is 0. The Kier molecular flexibility index (Phi) is 5.97. The first kappa shape index (κ1) is 15.4. The van der Waals surface area contributed by atoms with Crippen molar-refractivity contribution in [1.82, 2.24) is 0 Å². The fourth-order valence-corrected chi connectivity index (χ4v) is 1.16. The fraction of sp³-hybridized carbons (Fsp3) is 0.917. The highest BCUT2D eigenvalue weighted by molar-refractivity contribution is 5.69. The summed E-state index contributed by atoms with van der Waals surface area (Å²) >= 11 is 0. The minimum atomic E-state index is -1.14. The van der Waals surface area contributed by atoms with Gasteiger partial charge in [0.05, 0.1) is 6.61 Å². The van der Waals surface area contributed by atoms with E-state index in [0.29, 0.717) is 19.4 Å². The third-order valence-corrected chi connectivity index (χ3v) is 2.00. The minimum absolute atomic E-state index is 0.184. The average molecular weight is 232 g/mol. The van der Waals surface area contributed by atoms with E-state index < -0.39 is 11.4 Å². The van der Waals surface area contributed by atoms with Crippen molar-refractivity contribution in [2.75, 3.05) is 6.61 Å². The van der Waals surface area contributed by atoms with Gasteiger partial charge in [0.25, 0.3) is 0 Å². The third kappa shape index (κ3) is 8.68. The molecule has 96 valence electrons. The highest BCUT2D eigenvalue weighted by Crippen LogP contribution is 2.17.